The Morgan fingerprint density at radius 3 is 2.49 bits per heavy atom. The molecule has 0 saturated heterocycles. The van der Waals surface area contributed by atoms with Crippen LogP contribution in [0.2, 0.25) is 0 Å². The SMILES string of the molecule is Cc1cc(C(=O)Nc2c(-c3ccc(F)cc3)ncn2Cc2ccccc2)c(C)n1Cc1ccco1. The third kappa shape index (κ3) is 4.66. The Morgan fingerprint density at radius 2 is 1.77 bits per heavy atom. The molecule has 6 nitrogen and oxygen atoms in total. The highest BCUT2D eigenvalue weighted by Gasteiger charge is 2.21. The molecule has 0 bridgehead atoms. The van der Waals surface area contributed by atoms with Gasteiger partial charge in [0.05, 0.1) is 31.2 Å². The number of nitrogens with one attached hydrogen (secondary N) is 1. The standard InChI is InChI=1S/C28H25FN4O2/c1-19-15-25(20(2)33(19)17-24-9-6-14-35-24)28(34)31-27-26(22-10-12-23(29)13-11-22)30-18-32(27)16-21-7-4-3-5-8-21/h3-15,18H,16-17H2,1-2H3,(H,31,34). The van der Waals surface area contributed by atoms with E-state index in [4.69, 9.17) is 4.42 Å². The fraction of sp³-hybridized carbons (Fsp3) is 0.143. The molecule has 0 atom stereocenters. The molecule has 0 radical (unpaired) electrons. The van der Waals surface area contributed by atoms with Crippen LogP contribution >= 0.6 is 0 Å². The van der Waals surface area contributed by atoms with Crippen LogP contribution in [-0.2, 0) is 13.1 Å². The lowest BCUT2D eigenvalue weighted by atomic mass is 10.1. The van der Waals surface area contributed by atoms with Gasteiger partial charge in [0.2, 0.25) is 0 Å². The largest absolute Gasteiger partial charge is 0.467 e. The minimum absolute atomic E-state index is 0.234. The van der Waals surface area contributed by atoms with Crippen molar-refractivity contribution in [1.29, 1.82) is 0 Å². The molecule has 5 rings (SSSR count). The molecule has 1 amide bonds. The molecule has 7 heteroatoms. The molecule has 3 aromatic heterocycles. The first kappa shape index (κ1) is 22.4. The van der Waals surface area contributed by atoms with E-state index in [2.05, 4.69) is 14.9 Å². The van der Waals surface area contributed by atoms with Crippen molar-refractivity contribution in [2.45, 2.75) is 26.9 Å². The summed E-state index contributed by atoms with van der Waals surface area (Å²) in [6.07, 6.45) is 3.34. The van der Waals surface area contributed by atoms with Gasteiger partial charge in [-0.3, -0.25) is 4.79 Å². The molecule has 1 N–H and O–H groups in total. The number of carbonyl (C=O) groups excluding carboxylic acids is 1. The molecule has 3 heterocycles. The molecule has 5 aromatic rings. The Labute approximate surface area is 202 Å². The lowest BCUT2D eigenvalue weighted by molar-refractivity contribution is 0.102. The fourth-order valence-corrected chi connectivity index (χ4v) is 4.24. The van der Waals surface area contributed by atoms with Gasteiger partial charge < -0.3 is 18.9 Å². The maximum absolute atomic E-state index is 13.5. The number of halogens is 1. The molecule has 0 fully saturated rings. The summed E-state index contributed by atoms with van der Waals surface area (Å²) in [5.41, 5.74) is 4.75. The van der Waals surface area contributed by atoms with Crippen LogP contribution in [-0.4, -0.2) is 20.0 Å². The van der Waals surface area contributed by atoms with Gasteiger partial charge in [-0.25, -0.2) is 9.37 Å². The van der Waals surface area contributed by atoms with Crippen molar-refractivity contribution in [3.8, 4) is 11.3 Å². The van der Waals surface area contributed by atoms with E-state index in [1.54, 1.807) is 24.7 Å². The summed E-state index contributed by atoms with van der Waals surface area (Å²) in [7, 11) is 0. The Morgan fingerprint density at radius 1 is 1.00 bits per heavy atom. The number of amides is 1. The second-order valence-corrected chi connectivity index (χ2v) is 8.47. The highest BCUT2D eigenvalue weighted by Crippen LogP contribution is 2.29. The number of furan rings is 1. The molecule has 0 saturated carbocycles. The van der Waals surface area contributed by atoms with Crippen LogP contribution < -0.4 is 5.32 Å². The summed E-state index contributed by atoms with van der Waals surface area (Å²) in [5.74, 6) is 0.814. The fourth-order valence-electron chi connectivity index (χ4n) is 4.24. The first-order chi connectivity index (χ1) is 17.0. The molecule has 2 aromatic carbocycles. The summed E-state index contributed by atoms with van der Waals surface area (Å²) in [4.78, 5) is 18.1. The third-order valence-corrected chi connectivity index (χ3v) is 6.10. The van der Waals surface area contributed by atoms with Gasteiger partial charge in [0, 0.05) is 17.0 Å². The lowest BCUT2D eigenvalue weighted by Crippen LogP contribution is -2.17. The van der Waals surface area contributed by atoms with E-state index in [1.807, 2.05) is 66.9 Å². The summed E-state index contributed by atoms with van der Waals surface area (Å²) in [6.45, 7) is 4.97. The topological polar surface area (TPSA) is 65.0 Å². The second-order valence-electron chi connectivity index (χ2n) is 8.47. The Kier molecular flexibility index (Phi) is 6.06. The Balaban J connectivity index is 1.49. The number of rotatable bonds is 7. The van der Waals surface area contributed by atoms with Crippen molar-refractivity contribution in [1.82, 2.24) is 14.1 Å². The molecule has 0 aliphatic rings. The zero-order valence-electron chi connectivity index (χ0n) is 19.5. The number of hydrogen-bond acceptors (Lipinski definition) is 3. The van der Waals surface area contributed by atoms with E-state index in [0.717, 1.165) is 28.3 Å². The predicted octanol–water partition coefficient (Wildman–Crippen LogP) is 6.05. The van der Waals surface area contributed by atoms with Crippen LogP contribution in [0.5, 0.6) is 0 Å². The predicted molar refractivity (Wildman–Crippen MR) is 133 cm³/mol. The van der Waals surface area contributed by atoms with Crippen molar-refractivity contribution in [2.75, 3.05) is 5.32 Å². The lowest BCUT2D eigenvalue weighted by Gasteiger charge is -2.13. The zero-order chi connectivity index (χ0) is 24.4. The molecule has 176 valence electrons. The van der Waals surface area contributed by atoms with E-state index in [9.17, 15) is 9.18 Å². The number of nitrogens with zero attached hydrogens (tertiary/aromatic N) is 3. The number of imidazole rings is 1. The average Bonchev–Trinajstić information content (AvgIpc) is 3.58. The van der Waals surface area contributed by atoms with Crippen molar-refractivity contribution in [2.24, 2.45) is 0 Å². The van der Waals surface area contributed by atoms with Crippen molar-refractivity contribution < 1.29 is 13.6 Å². The monoisotopic (exact) mass is 468 g/mol. The third-order valence-electron chi connectivity index (χ3n) is 6.10. The number of anilines is 1. The normalized spacial score (nSPS) is 11.1. The Hall–Kier alpha value is -4.39. The molecular formula is C28H25FN4O2. The van der Waals surface area contributed by atoms with Crippen LogP contribution in [0.4, 0.5) is 10.2 Å². The molecule has 0 unspecified atom stereocenters. The van der Waals surface area contributed by atoms with Crippen LogP contribution in [0.25, 0.3) is 11.3 Å². The zero-order valence-corrected chi connectivity index (χ0v) is 19.5. The van der Waals surface area contributed by atoms with Crippen molar-refractivity contribution in [3.05, 3.63) is 119 Å². The Bertz CT molecular complexity index is 1450. The van der Waals surface area contributed by atoms with Crippen molar-refractivity contribution >= 4 is 11.7 Å². The number of aryl methyl sites for hydroxylation is 1. The molecule has 0 aliphatic carbocycles. The van der Waals surface area contributed by atoms with E-state index in [0.29, 0.717) is 30.2 Å². The first-order valence-electron chi connectivity index (χ1n) is 11.3. The molecule has 0 spiro atoms. The molecular weight excluding hydrogens is 443 g/mol. The van der Waals surface area contributed by atoms with Crippen LogP contribution in [0, 0.1) is 19.7 Å². The maximum Gasteiger partial charge on any atom is 0.258 e. The second kappa shape index (κ2) is 9.46. The number of aromatic nitrogens is 3. The van der Waals surface area contributed by atoms with Gasteiger partial charge in [-0.15, -0.1) is 0 Å². The van der Waals surface area contributed by atoms with Crippen molar-refractivity contribution in [3.63, 3.8) is 0 Å². The van der Waals surface area contributed by atoms with Gasteiger partial charge in [0.15, 0.2) is 0 Å². The maximum atomic E-state index is 13.5. The first-order valence-corrected chi connectivity index (χ1v) is 11.3. The van der Waals surface area contributed by atoms with E-state index < -0.39 is 0 Å². The van der Waals surface area contributed by atoms with Gasteiger partial charge in [0.1, 0.15) is 23.1 Å². The average molecular weight is 469 g/mol. The van der Waals surface area contributed by atoms with Gasteiger partial charge in [0.25, 0.3) is 5.91 Å². The quantitative estimate of drug-likeness (QED) is 0.316. The van der Waals surface area contributed by atoms with E-state index >= 15 is 0 Å². The smallest absolute Gasteiger partial charge is 0.258 e. The van der Waals surface area contributed by atoms with E-state index in [1.165, 1.54) is 12.1 Å². The van der Waals surface area contributed by atoms with Crippen LogP contribution in [0.15, 0.2) is 89.8 Å². The van der Waals surface area contributed by atoms with Gasteiger partial charge in [-0.05, 0) is 61.9 Å². The number of hydrogen-bond donors (Lipinski definition) is 1. The van der Waals surface area contributed by atoms with Gasteiger partial charge in [-0.2, -0.15) is 0 Å². The van der Waals surface area contributed by atoms with Gasteiger partial charge in [-0.1, -0.05) is 30.3 Å². The highest BCUT2D eigenvalue weighted by atomic mass is 19.1. The molecule has 0 aliphatic heterocycles. The van der Waals surface area contributed by atoms with Crippen LogP contribution in [0.3, 0.4) is 0 Å². The van der Waals surface area contributed by atoms with Gasteiger partial charge >= 0.3 is 0 Å². The van der Waals surface area contributed by atoms with E-state index in [-0.39, 0.29) is 11.7 Å². The summed E-state index contributed by atoms with van der Waals surface area (Å²) < 4.78 is 23.0. The summed E-state index contributed by atoms with van der Waals surface area (Å²) >= 11 is 0. The summed E-state index contributed by atoms with van der Waals surface area (Å²) in [5, 5.41) is 3.08. The minimum Gasteiger partial charge on any atom is -0.467 e. The number of carbonyl (C=O) groups is 1. The summed E-state index contributed by atoms with van der Waals surface area (Å²) in [6, 6.07) is 21.7. The highest BCUT2D eigenvalue weighted by molar-refractivity contribution is 6.06. The van der Waals surface area contributed by atoms with Crippen LogP contribution in [0.1, 0.15) is 33.1 Å². The molecule has 35 heavy (non-hydrogen) atoms. The number of benzene rings is 2. The minimum atomic E-state index is -0.327.